The van der Waals surface area contributed by atoms with Crippen LogP contribution in [0.25, 0.3) is 11.0 Å². The molecule has 22 heavy (non-hydrogen) atoms. The molecule has 1 aromatic heterocycles. The number of aromatic nitrogens is 3. The maximum absolute atomic E-state index is 12.3. The van der Waals surface area contributed by atoms with E-state index in [0.717, 1.165) is 29.6 Å². The van der Waals surface area contributed by atoms with Crippen LogP contribution in [0, 0.1) is 0 Å². The Bertz CT molecular complexity index is 812. The lowest BCUT2D eigenvalue weighted by molar-refractivity contribution is -0.130. The number of carbonyl (C=O) groups is 1. The first-order chi connectivity index (χ1) is 10.8. The van der Waals surface area contributed by atoms with Crippen molar-refractivity contribution in [2.45, 2.75) is 19.0 Å². The van der Waals surface area contributed by atoms with Crippen molar-refractivity contribution in [3.8, 4) is 0 Å². The molecule has 1 fully saturated rings. The second-order valence-corrected chi connectivity index (χ2v) is 5.50. The number of benzene rings is 2. The molecule has 5 heteroatoms. The highest BCUT2D eigenvalue weighted by Crippen LogP contribution is 2.29. The van der Waals surface area contributed by atoms with Crippen molar-refractivity contribution in [2.75, 3.05) is 6.54 Å². The maximum Gasteiger partial charge on any atom is 0.224 e. The van der Waals surface area contributed by atoms with Crippen LogP contribution in [0.2, 0.25) is 0 Å². The highest BCUT2D eigenvalue weighted by Gasteiger charge is 2.31. The molecule has 1 amide bonds. The van der Waals surface area contributed by atoms with Gasteiger partial charge >= 0.3 is 0 Å². The second-order valence-electron chi connectivity index (χ2n) is 5.50. The fourth-order valence-electron chi connectivity index (χ4n) is 3.07. The average Bonchev–Trinajstić information content (AvgIpc) is 3.17. The highest BCUT2D eigenvalue weighted by molar-refractivity contribution is 5.79. The van der Waals surface area contributed by atoms with Crippen molar-refractivity contribution >= 4 is 16.9 Å². The smallest absolute Gasteiger partial charge is 0.224 e. The van der Waals surface area contributed by atoms with Gasteiger partial charge in [-0.2, -0.15) is 0 Å². The van der Waals surface area contributed by atoms with Crippen molar-refractivity contribution in [1.29, 1.82) is 0 Å². The van der Waals surface area contributed by atoms with E-state index in [1.165, 1.54) is 0 Å². The number of carbonyl (C=O) groups excluding carboxylic acids is 1. The van der Waals surface area contributed by atoms with Crippen LogP contribution in [0.15, 0.2) is 54.6 Å². The number of para-hydroxylation sites is 1. The number of rotatable bonds is 3. The normalized spacial score (nSPS) is 16.4. The van der Waals surface area contributed by atoms with Crippen molar-refractivity contribution < 1.29 is 4.79 Å². The Morgan fingerprint density at radius 2 is 1.77 bits per heavy atom. The Kier molecular flexibility index (Phi) is 3.11. The SMILES string of the molecule is O=C1CCCN1C(c1ccccc1)n1nnc2ccccc21. The molecule has 1 aliphatic heterocycles. The van der Waals surface area contributed by atoms with Crippen molar-refractivity contribution in [1.82, 2.24) is 19.9 Å². The summed E-state index contributed by atoms with van der Waals surface area (Å²) >= 11 is 0. The largest absolute Gasteiger partial charge is 0.316 e. The minimum Gasteiger partial charge on any atom is -0.316 e. The van der Waals surface area contributed by atoms with Gasteiger partial charge in [0.15, 0.2) is 6.17 Å². The van der Waals surface area contributed by atoms with Crippen LogP contribution in [0.5, 0.6) is 0 Å². The summed E-state index contributed by atoms with van der Waals surface area (Å²) in [5, 5.41) is 8.56. The molecule has 0 aliphatic carbocycles. The van der Waals surface area contributed by atoms with Crippen molar-refractivity contribution in [2.24, 2.45) is 0 Å². The van der Waals surface area contributed by atoms with E-state index in [1.54, 1.807) is 0 Å². The predicted molar refractivity (Wildman–Crippen MR) is 83.1 cm³/mol. The molecule has 0 spiro atoms. The van der Waals surface area contributed by atoms with E-state index in [9.17, 15) is 4.79 Å². The van der Waals surface area contributed by atoms with Crippen LogP contribution in [0.3, 0.4) is 0 Å². The summed E-state index contributed by atoms with van der Waals surface area (Å²) in [4.78, 5) is 14.2. The predicted octanol–water partition coefficient (Wildman–Crippen LogP) is 2.60. The third-order valence-corrected chi connectivity index (χ3v) is 4.11. The van der Waals surface area contributed by atoms with Crippen LogP contribution in [-0.2, 0) is 4.79 Å². The van der Waals surface area contributed by atoms with Gasteiger partial charge in [0.05, 0.1) is 5.52 Å². The Morgan fingerprint density at radius 3 is 2.55 bits per heavy atom. The molecule has 2 heterocycles. The molecule has 0 bridgehead atoms. The van der Waals surface area contributed by atoms with E-state index < -0.39 is 0 Å². The maximum atomic E-state index is 12.3. The lowest BCUT2D eigenvalue weighted by Crippen LogP contribution is -2.35. The van der Waals surface area contributed by atoms with Crippen molar-refractivity contribution in [3.05, 3.63) is 60.2 Å². The van der Waals surface area contributed by atoms with Gasteiger partial charge in [-0.15, -0.1) is 5.10 Å². The van der Waals surface area contributed by atoms with Gasteiger partial charge in [-0.3, -0.25) is 4.79 Å². The molecule has 1 saturated heterocycles. The fraction of sp³-hybridized carbons (Fsp3) is 0.235. The lowest BCUT2D eigenvalue weighted by Gasteiger charge is -2.28. The van der Waals surface area contributed by atoms with E-state index in [4.69, 9.17) is 0 Å². The summed E-state index contributed by atoms with van der Waals surface area (Å²) < 4.78 is 1.86. The number of amides is 1. The van der Waals surface area contributed by atoms with Gasteiger partial charge in [0.2, 0.25) is 5.91 Å². The van der Waals surface area contributed by atoms with E-state index in [-0.39, 0.29) is 12.1 Å². The van der Waals surface area contributed by atoms with E-state index in [1.807, 2.05) is 64.2 Å². The first kappa shape index (κ1) is 13.0. The van der Waals surface area contributed by atoms with Gasteiger partial charge < -0.3 is 4.90 Å². The number of hydrogen-bond donors (Lipinski definition) is 0. The number of hydrogen-bond acceptors (Lipinski definition) is 3. The van der Waals surface area contributed by atoms with Crippen LogP contribution in [0.1, 0.15) is 24.6 Å². The van der Waals surface area contributed by atoms with Gasteiger partial charge in [0, 0.05) is 13.0 Å². The van der Waals surface area contributed by atoms with Gasteiger partial charge in [-0.1, -0.05) is 47.7 Å². The molecule has 4 rings (SSSR count). The summed E-state index contributed by atoms with van der Waals surface area (Å²) in [6, 6.07) is 17.9. The Hall–Kier alpha value is -2.69. The second kappa shape index (κ2) is 5.26. The third kappa shape index (κ3) is 2.06. The standard InChI is InChI=1S/C17H16N4O/c22-16-11-6-12-20(16)17(13-7-2-1-3-8-13)21-15-10-5-4-9-14(15)18-19-21/h1-5,7-10,17H,6,11-12H2. The summed E-state index contributed by atoms with van der Waals surface area (Å²) in [7, 11) is 0. The minimum absolute atomic E-state index is 0.174. The van der Waals surface area contributed by atoms with Gasteiger partial charge in [0.25, 0.3) is 0 Å². The molecule has 2 aromatic carbocycles. The monoisotopic (exact) mass is 292 g/mol. The Balaban J connectivity index is 1.89. The van der Waals surface area contributed by atoms with E-state index in [2.05, 4.69) is 10.3 Å². The summed E-state index contributed by atoms with van der Waals surface area (Å²) in [5.74, 6) is 0.174. The molecule has 1 atom stereocenters. The van der Waals surface area contributed by atoms with Crippen molar-refractivity contribution in [3.63, 3.8) is 0 Å². The van der Waals surface area contributed by atoms with Crippen LogP contribution in [0.4, 0.5) is 0 Å². The third-order valence-electron chi connectivity index (χ3n) is 4.11. The van der Waals surface area contributed by atoms with Crippen LogP contribution < -0.4 is 0 Å². The number of nitrogens with zero attached hydrogens (tertiary/aromatic N) is 4. The Labute approximate surface area is 128 Å². The molecule has 0 saturated carbocycles. The summed E-state index contributed by atoms with van der Waals surface area (Å²) in [6.07, 6.45) is 1.27. The van der Waals surface area contributed by atoms with Gasteiger partial charge in [0.1, 0.15) is 5.52 Å². The quantitative estimate of drug-likeness (QED) is 0.745. The minimum atomic E-state index is -0.233. The number of fused-ring (bicyclic) bond motifs is 1. The number of likely N-dealkylation sites (tertiary alicyclic amines) is 1. The fourth-order valence-corrected chi connectivity index (χ4v) is 3.07. The molecule has 1 aliphatic rings. The van der Waals surface area contributed by atoms with E-state index >= 15 is 0 Å². The Morgan fingerprint density at radius 1 is 1.00 bits per heavy atom. The molecule has 110 valence electrons. The van der Waals surface area contributed by atoms with E-state index in [0.29, 0.717) is 6.42 Å². The van der Waals surface area contributed by atoms with Crippen LogP contribution >= 0.6 is 0 Å². The topological polar surface area (TPSA) is 51.0 Å². The molecule has 0 N–H and O–H groups in total. The summed E-state index contributed by atoms with van der Waals surface area (Å²) in [6.45, 7) is 0.757. The van der Waals surface area contributed by atoms with Gasteiger partial charge in [-0.25, -0.2) is 4.68 Å². The molecule has 5 nitrogen and oxygen atoms in total. The molecule has 1 unspecified atom stereocenters. The van der Waals surface area contributed by atoms with Gasteiger partial charge in [-0.05, 0) is 24.1 Å². The zero-order chi connectivity index (χ0) is 14.9. The molecule has 3 aromatic rings. The first-order valence-corrected chi connectivity index (χ1v) is 7.49. The first-order valence-electron chi connectivity index (χ1n) is 7.49. The molecule has 0 radical (unpaired) electrons. The zero-order valence-electron chi connectivity index (χ0n) is 12.1. The highest BCUT2D eigenvalue weighted by atomic mass is 16.2. The summed E-state index contributed by atoms with van der Waals surface area (Å²) in [5.41, 5.74) is 2.83. The van der Waals surface area contributed by atoms with Crippen LogP contribution in [-0.4, -0.2) is 32.3 Å². The zero-order valence-corrected chi connectivity index (χ0v) is 12.1. The average molecular weight is 292 g/mol. The molecular formula is C17H16N4O. The lowest BCUT2D eigenvalue weighted by atomic mass is 10.1. The molecular weight excluding hydrogens is 276 g/mol.